The maximum absolute atomic E-state index is 12.7. The van der Waals surface area contributed by atoms with Crippen molar-refractivity contribution in [2.45, 2.75) is 45.7 Å². The Kier molecular flexibility index (Phi) is 5.13. The molecule has 1 aromatic rings. The van der Waals surface area contributed by atoms with Gasteiger partial charge in [-0.2, -0.15) is 13.9 Å². The number of alkyl halides is 4. The zero-order valence-electron chi connectivity index (χ0n) is 10.4. The molecular weight excluding hydrogens is 250 g/mol. The molecule has 1 heterocycles. The van der Waals surface area contributed by atoms with Crippen molar-refractivity contribution in [3.8, 4) is 0 Å². The van der Waals surface area contributed by atoms with E-state index in [1.54, 1.807) is 10.7 Å². The highest BCUT2D eigenvalue weighted by Gasteiger charge is 2.40. The van der Waals surface area contributed by atoms with E-state index in [1.807, 2.05) is 13.8 Å². The van der Waals surface area contributed by atoms with E-state index < -0.39 is 18.9 Å². The van der Waals surface area contributed by atoms with E-state index in [0.717, 1.165) is 17.8 Å². The predicted octanol–water partition coefficient (Wildman–Crippen LogP) is 2.46. The molecule has 1 rings (SSSR count). The van der Waals surface area contributed by atoms with E-state index in [2.05, 4.69) is 10.4 Å². The van der Waals surface area contributed by atoms with Gasteiger partial charge in [0.25, 0.3) is 0 Å². The Balaban J connectivity index is 2.56. The van der Waals surface area contributed by atoms with Crippen LogP contribution in [-0.2, 0) is 19.5 Å². The average Bonchev–Trinajstić information content (AvgIpc) is 2.71. The second-order valence-electron chi connectivity index (χ2n) is 3.96. The zero-order valence-corrected chi connectivity index (χ0v) is 10.4. The molecule has 0 aliphatic heterocycles. The smallest absolute Gasteiger partial charge is 0.305 e. The lowest BCUT2D eigenvalue weighted by molar-refractivity contribution is -0.125. The van der Waals surface area contributed by atoms with Gasteiger partial charge in [0.1, 0.15) is 0 Å². The van der Waals surface area contributed by atoms with Crippen LogP contribution in [-0.4, -0.2) is 28.7 Å². The molecule has 0 aromatic carbocycles. The molecule has 0 saturated carbocycles. The Morgan fingerprint density at radius 1 is 1.39 bits per heavy atom. The lowest BCUT2D eigenvalue weighted by Gasteiger charge is -2.15. The summed E-state index contributed by atoms with van der Waals surface area (Å²) in [5, 5.41) is 6.58. The van der Waals surface area contributed by atoms with Gasteiger partial charge in [0.2, 0.25) is 0 Å². The molecule has 0 fully saturated rings. The van der Waals surface area contributed by atoms with E-state index in [-0.39, 0.29) is 6.54 Å². The standard InChI is InChI=1S/C11H17F4N3/c1-3-8-5-9(18(4-2)17-8)6-16-7-11(14,15)10(12)13/h5,10,16H,3-4,6-7H2,1-2H3. The van der Waals surface area contributed by atoms with Crippen LogP contribution in [0.15, 0.2) is 6.07 Å². The first-order chi connectivity index (χ1) is 8.40. The molecule has 104 valence electrons. The van der Waals surface area contributed by atoms with Crippen LogP contribution >= 0.6 is 0 Å². The molecule has 0 saturated heterocycles. The van der Waals surface area contributed by atoms with Gasteiger partial charge < -0.3 is 5.32 Å². The van der Waals surface area contributed by atoms with Crippen LogP contribution in [0, 0.1) is 0 Å². The van der Waals surface area contributed by atoms with E-state index >= 15 is 0 Å². The fourth-order valence-electron chi connectivity index (χ4n) is 1.54. The topological polar surface area (TPSA) is 29.9 Å². The van der Waals surface area contributed by atoms with Crippen LogP contribution < -0.4 is 5.32 Å². The molecule has 7 heteroatoms. The molecule has 0 radical (unpaired) electrons. The minimum Gasteiger partial charge on any atom is -0.305 e. The summed E-state index contributed by atoms with van der Waals surface area (Å²) in [6, 6.07) is 1.79. The summed E-state index contributed by atoms with van der Waals surface area (Å²) in [5.41, 5.74) is 1.58. The highest BCUT2D eigenvalue weighted by atomic mass is 19.3. The Morgan fingerprint density at radius 3 is 2.56 bits per heavy atom. The van der Waals surface area contributed by atoms with Crippen molar-refractivity contribution in [2.24, 2.45) is 0 Å². The molecule has 0 bridgehead atoms. The van der Waals surface area contributed by atoms with Gasteiger partial charge in [0, 0.05) is 13.1 Å². The minimum atomic E-state index is -4.00. The number of nitrogens with one attached hydrogen (secondary N) is 1. The maximum Gasteiger partial charge on any atom is 0.319 e. The molecule has 0 unspecified atom stereocenters. The second-order valence-corrected chi connectivity index (χ2v) is 3.96. The number of hydrogen-bond acceptors (Lipinski definition) is 2. The van der Waals surface area contributed by atoms with Crippen LogP contribution in [0.5, 0.6) is 0 Å². The first kappa shape index (κ1) is 14.9. The number of hydrogen-bond donors (Lipinski definition) is 1. The van der Waals surface area contributed by atoms with Gasteiger partial charge in [-0.3, -0.25) is 4.68 Å². The minimum absolute atomic E-state index is 0.100. The molecule has 0 amide bonds. The molecular formula is C11H17F4N3. The second kappa shape index (κ2) is 6.17. The molecule has 0 aliphatic rings. The average molecular weight is 267 g/mol. The monoisotopic (exact) mass is 267 g/mol. The molecule has 0 atom stereocenters. The van der Waals surface area contributed by atoms with Crippen molar-refractivity contribution < 1.29 is 17.6 Å². The molecule has 1 aromatic heterocycles. The summed E-state index contributed by atoms with van der Waals surface area (Å²) in [5.74, 6) is -4.00. The first-order valence-corrected chi connectivity index (χ1v) is 5.83. The summed E-state index contributed by atoms with van der Waals surface area (Å²) in [6.45, 7) is 3.49. The van der Waals surface area contributed by atoms with Crippen LogP contribution in [0.4, 0.5) is 17.6 Å². The van der Waals surface area contributed by atoms with Gasteiger partial charge in [0.15, 0.2) is 0 Å². The fourth-order valence-corrected chi connectivity index (χ4v) is 1.54. The van der Waals surface area contributed by atoms with Crippen molar-refractivity contribution in [1.29, 1.82) is 0 Å². The Labute approximate surface area is 103 Å². The van der Waals surface area contributed by atoms with E-state index in [4.69, 9.17) is 0 Å². The van der Waals surface area contributed by atoms with Gasteiger partial charge in [0.05, 0.1) is 17.9 Å². The fraction of sp³-hybridized carbons (Fsp3) is 0.727. The SMILES string of the molecule is CCc1cc(CNCC(F)(F)C(F)F)n(CC)n1. The third-order valence-electron chi connectivity index (χ3n) is 2.56. The predicted molar refractivity (Wildman–Crippen MR) is 59.9 cm³/mol. The number of halogens is 4. The van der Waals surface area contributed by atoms with Crippen molar-refractivity contribution in [2.75, 3.05) is 6.54 Å². The lowest BCUT2D eigenvalue weighted by Crippen LogP contribution is -2.38. The normalized spacial score (nSPS) is 12.4. The molecule has 0 aliphatic carbocycles. The lowest BCUT2D eigenvalue weighted by atomic mass is 10.3. The number of aryl methyl sites for hydroxylation is 2. The highest BCUT2D eigenvalue weighted by Crippen LogP contribution is 2.21. The van der Waals surface area contributed by atoms with Crippen LogP contribution in [0.1, 0.15) is 25.2 Å². The summed E-state index contributed by atoms with van der Waals surface area (Å²) in [6.07, 6.45) is -2.90. The summed E-state index contributed by atoms with van der Waals surface area (Å²) in [7, 11) is 0. The van der Waals surface area contributed by atoms with Crippen molar-refractivity contribution in [3.63, 3.8) is 0 Å². The molecule has 18 heavy (non-hydrogen) atoms. The highest BCUT2D eigenvalue weighted by molar-refractivity contribution is 5.10. The quantitative estimate of drug-likeness (QED) is 0.769. The maximum atomic E-state index is 12.7. The summed E-state index contributed by atoms with van der Waals surface area (Å²) < 4.78 is 50.9. The summed E-state index contributed by atoms with van der Waals surface area (Å²) >= 11 is 0. The Bertz CT molecular complexity index is 376. The van der Waals surface area contributed by atoms with Gasteiger partial charge >= 0.3 is 12.3 Å². The van der Waals surface area contributed by atoms with E-state index in [0.29, 0.717) is 6.54 Å². The largest absolute Gasteiger partial charge is 0.319 e. The van der Waals surface area contributed by atoms with E-state index in [1.165, 1.54) is 0 Å². The molecule has 3 nitrogen and oxygen atoms in total. The third kappa shape index (κ3) is 3.69. The Hall–Kier alpha value is -1.11. The van der Waals surface area contributed by atoms with Crippen molar-refractivity contribution >= 4 is 0 Å². The number of nitrogens with zero attached hydrogens (tertiary/aromatic N) is 2. The van der Waals surface area contributed by atoms with Crippen molar-refractivity contribution in [3.05, 3.63) is 17.5 Å². The van der Waals surface area contributed by atoms with Crippen molar-refractivity contribution in [1.82, 2.24) is 15.1 Å². The summed E-state index contributed by atoms with van der Waals surface area (Å²) in [4.78, 5) is 0. The number of rotatable bonds is 7. The van der Waals surface area contributed by atoms with Gasteiger partial charge in [-0.05, 0) is 19.4 Å². The van der Waals surface area contributed by atoms with Gasteiger partial charge in [-0.15, -0.1) is 0 Å². The number of aromatic nitrogens is 2. The van der Waals surface area contributed by atoms with Gasteiger partial charge in [-0.1, -0.05) is 6.92 Å². The van der Waals surface area contributed by atoms with E-state index in [9.17, 15) is 17.6 Å². The van der Waals surface area contributed by atoms with Gasteiger partial charge in [-0.25, -0.2) is 8.78 Å². The molecule has 0 spiro atoms. The van der Waals surface area contributed by atoms with Crippen LogP contribution in [0.3, 0.4) is 0 Å². The Morgan fingerprint density at radius 2 is 2.06 bits per heavy atom. The first-order valence-electron chi connectivity index (χ1n) is 5.83. The third-order valence-corrected chi connectivity index (χ3v) is 2.56. The van der Waals surface area contributed by atoms with Crippen LogP contribution in [0.25, 0.3) is 0 Å². The van der Waals surface area contributed by atoms with Crippen LogP contribution in [0.2, 0.25) is 0 Å². The zero-order chi connectivity index (χ0) is 13.8. The molecule has 1 N–H and O–H groups in total.